The number of fused-ring (bicyclic) bond motifs is 2. The Morgan fingerprint density at radius 2 is 2.09 bits per heavy atom. The van der Waals surface area contributed by atoms with Gasteiger partial charge < -0.3 is 13.9 Å². The molecule has 164 valence electrons. The number of oxazole rings is 1. The first-order valence-electron chi connectivity index (χ1n) is 11.2. The van der Waals surface area contributed by atoms with E-state index in [1.54, 1.807) is 6.20 Å². The van der Waals surface area contributed by atoms with Crippen LogP contribution in [0.25, 0.3) is 22.4 Å². The van der Waals surface area contributed by atoms with Gasteiger partial charge in [0.05, 0.1) is 11.7 Å². The van der Waals surface area contributed by atoms with Gasteiger partial charge in [-0.25, -0.2) is 9.67 Å². The van der Waals surface area contributed by atoms with Crippen LogP contribution in [0.4, 0.5) is 0 Å². The fraction of sp³-hybridized carbons (Fsp3) is 0.360. The molecule has 0 amide bonds. The molecule has 4 aromatic rings. The molecule has 0 spiro atoms. The standard InChI is InChI=1S/C25H24BrN3O3/c1-15-10-18-16(11-20(15)26)5-8-22(18)32-17-6-7-21-19(12-17)25(23-13-27-14-31-23)28-29(21)24-4-2-3-9-30-24/h6-7,10-14,22,24H,2-5,8-9H2,1H3. The Bertz CT molecular complexity index is 1280. The number of benzene rings is 2. The monoisotopic (exact) mass is 493 g/mol. The first-order chi connectivity index (χ1) is 15.7. The molecule has 1 saturated heterocycles. The largest absolute Gasteiger partial charge is 0.486 e. The summed E-state index contributed by atoms with van der Waals surface area (Å²) in [4.78, 5) is 4.09. The summed E-state index contributed by atoms with van der Waals surface area (Å²) in [7, 11) is 0. The van der Waals surface area contributed by atoms with Gasteiger partial charge in [-0.3, -0.25) is 0 Å². The lowest BCUT2D eigenvalue weighted by atomic mass is 10.1. The van der Waals surface area contributed by atoms with Crippen LogP contribution in [-0.2, 0) is 11.2 Å². The predicted molar refractivity (Wildman–Crippen MR) is 125 cm³/mol. The van der Waals surface area contributed by atoms with Crippen LogP contribution in [0.2, 0.25) is 0 Å². The van der Waals surface area contributed by atoms with E-state index in [9.17, 15) is 0 Å². The maximum atomic E-state index is 6.50. The molecule has 2 atom stereocenters. The summed E-state index contributed by atoms with van der Waals surface area (Å²) in [5, 5.41) is 5.87. The number of halogens is 1. The molecule has 2 unspecified atom stereocenters. The molecule has 1 fully saturated rings. The molecule has 6 rings (SSSR count). The summed E-state index contributed by atoms with van der Waals surface area (Å²) in [5.41, 5.74) is 5.66. The van der Waals surface area contributed by atoms with Crippen LogP contribution in [-0.4, -0.2) is 21.4 Å². The average Bonchev–Trinajstić information content (AvgIpc) is 3.54. The minimum atomic E-state index is -0.0576. The SMILES string of the molecule is Cc1cc2c(cc1Br)CCC2Oc1ccc2c(c1)c(-c1cnco1)nn2C1CCCCO1. The third-order valence-electron chi connectivity index (χ3n) is 6.49. The van der Waals surface area contributed by atoms with Gasteiger partial charge in [0.15, 0.2) is 18.4 Å². The third-order valence-corrected chi connectivity index (χ3v) is 7.35. The quantitative estimate of drug-likeness (QED) is 0.323. The Kier molecular flexibility index (Phi) is 5.03. The zero-order valence-electron chi connectivity index (χ0n) is 17.9. The van der Waals surface area contributed by atoms with E-state index in [0.29, 0.717) is 5.76 Å². The molecule has 32 heavy (non-hydrogen) atoms. The number of aromatic nitrogens is 3. The Hall–Kier alpha value is -2.64. The molecule has 3 heterocycles. The highest BCUT2D eigenvalue weighted by Gasteiger charge is 2.27. The van der Waals surface area contributed by atoms with E-state index in [1.807, 2.05) is 10.7 Å². The number of hydrogen-bond donors (Lipinski definition) is 0. The number of nitrogens with zero attached hydrogens (tertiary/aromatic N) is 3. The van der Waals surface area contributed by atoms with Crippen molar-refractivity contribution in [2.75, 3.05) is 6.61 Å². The van der Waals surface area contributed by atoms with Crippen LogP contribution < -0.4 is 4.74 Å². The van der Waals surface area contributed by atoms with Gasteiger partial charge in [0, 0.05) is 16.5 Å². The number of ether oxygens (including phenoxy) is 2. The van der Waals surface area contributed by atoms with E-state index in [4.69, 9.17) is 19.0 Å². The van der Waals surface area contributed by atoms with Crippen molar-refractivity contribution in [2.24, 2.45) is 0 Å². The number of rotatable bonds is 4. The smallest absolute Gasteiger partial charge is 0.181 e. The first kappa shape index (κ1) is 20.0. The van der Waals surface area contributed by atoms with Crippen molar-refractivity contribution in [1.29, 1.82) is 0 Å². The average molecular weight is 494 g/mol. The minimum Gasteiger partial charge on any atom is -0.486 e. The van der Waals surface area contributed by atoms with Crippen molar-refractivity contribution >= 4 is 26.8 Å². The highest BCUT2D eigenvalue weighted by molar-refractivity contribution is 9.10. The van der Waals surface area contributed by atoms with E-state index in [2.05, 4.69) is 52.1 Å². The van der Waals surface area contributed by atoms with Crippen LogP contribution in [0.3, 0.4) is 0 Å². The Morgan fingerprint density at radius 1 is 1.16 bits per heavy atom. The van der Waals surface area contributed by atoms with Crippen molar-refractivity contribution < 1.29 is 13.9 Å². The van der Waals surface area contributed by atoms with Gasteiger partial charge in [0.25, 0.3) is 0 Å². The molecule has 2 aromatic carbocycles. The summed E-state index contributed by atoms with van der Waals surface area (Å²) >= 11 is 3.65. The van der Waals surface area contributed by atoms with Gasteiger partial charge >= 0.3 is 0 Å². The van der Waals surface area contributed by atoms with E-state index in [0.717, 1.165) is 65.5 Å². The molecule has 6 nitrogen and oxygen atoms in total. The Labute approximate surface area is 194 Å². The second kappa shape index (κ2) is 8.05. The summed E-state index contributed by atoms with van der Waals surface area (Å²) in [6, 6.07) is 10.7. The summed E-state index contributed by atoms with van der Waals surface area (Å²) in [6.07, 6.45) is 8.34. The summed E-state index contributed by atoms with van der Waals surface area (Å²) in [5.74, 6) is 1.48. The van der Waals surface area contributed by atoms with E-state index in [-0.39, 0.29) is 12.3 Å². The summed E-state index contributed by atoms with van der Waals surface area (Å²) < 4.78 is 21.3. The lowest BCUT2D eigenvalue weighted by Crippen LogP contribution is -2.19. The molecule has 0 saturated carbocycles. The molecule has 0 bridgehead atoms. The molecule has 2 aromatic heterocycles. The molecule has 0 radical (unpaired) electrons. The predicted octanol–water partition coefficient (Wildman–Crippen LogP) is 6.53. The molecular formula is C25H24BrN3O3. The first-order valence-corrected chi connectivity index (χ1v) is 11.9. The topological polar surface area (TPSA) is 62.3 Å². The highest BCUT2D eigenvalue weighted by Crippen LogP contribution is 2.40. The van der Waals surface area contributed by atoms with Crippen LogP contribution in [0, 0.1) is 6.92 Å². The van der Waals surface area contributed by atoms with Crippen molar-refractivity contribution in [3.05, 3.63) is 64.1 Å². The second-order valence-corrected chi connectivity index (χ2v) is 9.46. The Morgan fingerprint density at radius 3 is 2.91 bits per heavy atom. The van der Waals surface area contributed by atoms with Gasteiger partial charge in [0.1, 0.15) is 17.5 Å². The fourth-order valence-corrected chi connectivity index (χ4v) is 5.23. The molecular weight excluding hydrogens is 470 g/mol. The lowest BCUT2D eigenvalue weighted by molar-refractivity contribution is -0.0365. The van der Waals surface area contributed by atoms with Crippen LogP contribution in [0.15, 0.2) is 51.8 Å². The number of hydrogen-bond acceptors (Lipinski definition) is 5. The third kappa shape index (κ3) is 3.44. The Balaban J connectivity index is 1.39. The molecule has 0 N–H and O–H groups in total. The summed E-state index contributed by atoms with van der Waals surface area (Å²) in [6.45, 7) is 2.89. The van der Waals surface area contributed by atoms with Gasteiger partial charge in [0.2, 0.25) is 0 Å². The van der Waals surface area contributed by atoms with Crippen molar-refractivity contribution in [3.8, 4) is 17.2 Å². The van der Waals surface area contributed by atoms with Crippen molar-refractivity contribution in [1.82, 2.24) is 14.8 Å². The molecule has 2 aliphatic rings. The minimum absolute atomic E-state index is 0.0553. The van der Waals surface area contributed by atoms with Crippen molar-refractivity contribution in [3.63, 3.8) is 0 Å². The molecule has 1 aliphatic carbocycles. The second-order valence-electron chi connectivity index (χ2n) is 8.60. The maximum Gasteiger partial charge on any atom is 0.181 e. The zero-order chi connectivity index (χ0) is 21.7. The molecule has 7 heteroatoms. The van der Waals surface area contributed by atoms with Gasteiger partial charge in [-0.1, -0.05) is 22.0 Å². The maximum absolute atomic E-state index is 6.50. The highest BCUT2D eigenvalue weighted by atomic mass is 79.9. The van der Waals surface area contributed by atoms with E-state index < -0.39 is 0 Å². The van der Waals surface area contributed by atoms with Crippen LogP contribution in [0.1, 0.15) is 54.7 Å². The van der Waals surface area contributed by atoms with Gasteiger partial charge in [-0.2, -0.15) is 5.10 Å². The van der Waals surface area contributed by atoms with Gasteiger partial charge in [-0.15, -0.1) is 0 Å². The fourth-order valence-electron chi connectivity index (χ4n) is 4.83. The van der Waals surface area contributed by atoms with E-state index >= 15 is 0 Å². The van der Waals surface area contributed by atoms with Crippen LogP contribution in [0.5, 0.6) is 5.75 Å². The van der Waals surface area contributed by atoms with Gasteiger partial charge in [-0.05, 0) is 80.0 Å². The van der Waals surface area contributed by atoms with Crippen molar-refractivity contribution in [2.45, 2.75) is 51.4 Å². The number of aryl methyl sites for hydroxylation is 2. The lowest BCUT2D eigenvalue weighted by Gasteiger charge is -2.23. The normalized spacial score (nSPS) is 20.6. The van der Waals surface area contributed by atoms with E-state index in [1.165, 1.54) is 23.1 Å². The molecule has 1 aliphatic heterocycles. The zero-order valence-corrected chi connectivity index (χ0v) is 19.5. The van der Waals surface area contributed by atoms with Crippen LogP contribution >= 0.6 is 15.9 Å².